The standard InChI is InChI=1S/C14H27NO2/c1-2-3-6-11-13(14(16)17)15-12-9-7-4-5-8-10-12/h12-13,15H,2-11H2,1H3,(H,16,17). The van der Waals surface area contributed by atoms with Crippen molar-refractivity contribution in [3.05, 3.63) is 0 Å². The van der Waals surface area contributed by atoms with E-state index in [0.717, 1.165) is 38.5 Å². The Kier molecular flexibility index (Phi) is 7.25. The first-order chi connectivity index (χ1) is 8.24. The lowest BCUT2D eigenvalue weighted by Gasteiger charge is -2.22. The molecule has 1 aliphatic carbocycles. The largest absolute Gasteiger partial charge is 0.480 e. The van der Waals surface area contributed by atoms with Crippen molar-refractivity contribution in [2.75, 3.05) is 0 Å². The summed E-state index contributed by atoms with van der Waals surface area (Å²) in [6, 6.07) is 0.102. The molecule has 100 valence electrons. The Bertz CT molecular complexity index is 210. The molecule has 1 fully saturated rings. The first kappa shape index (κ1) is 14.5. The van der Waals surface area contributed by atoms with Gasteiger partial charge in [-0.1, -0.05) is 51.9 Å². The van der Waals surface area contributed by atoms with Crippen LogP contribution in [-0.2, 0) is 4.79 Å². The van der Waals surface area contributed by atoms with Gasteiger partial charge in [-0.2, -0.15) is 0 Å². The van der Waals surface area contributed by atoms with E-state index in [1.54, 1.807) is 0 Å². The Morgan fingerprint density at radius 3 is 2.41 bits per heavy atom. The van der Waals surface area contributed by atoms with Crippen LogP contribution >= 0.6 is 0 Å². The van der Waals surface area contributed by atoms with Crippen LogP contribution in [0.5, 0.6) is 0 Å². The summed E-state index contributed by atoms with van der Waals surface area (Å²) < 4.78 is 0. The molecule has 0 aliphatic heterocycles. The summed E-state index contributed by atoms with van der Waals surface area (Å²) in [5.41, 5.74) is 0. The molecule has 0 aromatic carbocycles. The highest BCUT2D eigenvalue weighted by Gasteiger charge is 2.21. The first-order valence-electron chi connectivity index (χ1n) is 7.23. The van der Waals surface area contributed by atoms with E-state index in [-0.39, 0.29) is 6.04 Å². The Hall–Kier alpha value is -0.570. The summed E-state index contributed by atoms with van der Waals surface area (Å²) in [5, 5.41) is 12.6. The zero-order valence-corrected chi connectivity index (χ0v) is 11.1. The molecule has 17 heavy (non-hydrogen) atoms. The van der Waals surface area contributed by atoms with Crippen molar-refractivity contribution in [2.45, 2.75) is 83.2 Å². The van der Waals surface area contributed by atoms with Gasteiger partial charge in [-0.3, -0.25) is 4.79 Å². The Balaban J connectivity index is 2.33. The molecule has 3 nitrogen and oxygen atoms in total. The Morgan fingerprint density at radius 2 is 1.88 bits per heavy atom. The molecule has 0 bridgehead atoms. The predicted molar refractivity (Wildman–Crippen MR) is 70.2 cm³/mol. The van der Waals surface area contributed by atoms with Crippen molar-refractivity contribution in [2.24, 2.45) is 0 Å². The van der Waals surface area contributed by atoms with Crippen molar-refractivity contribution in [1.29, 1.82) is 0 Å². The second-order valence-electron chi connectivity index (χ2n) is 5.24. The van der Waals surface area contributed by atoms with Crippen LogP contribution in [0.2, 0.25) is 0 Å². The average Bonchev–Trinajstić information content (AvgIpc) is 2.56. The van der Waals surface area contributed by atoms with Crippen LogP contribution in [0.15, 0.2) is 0 Å². The number of rotatable bonds is 7. The molecule has 0 aromatic rings. The molecular weight excluding hydrogens is 214 g/mol. The molecule has 1 rings (SSSR count). The van der Waals surface area contributed by atoms with E-state index in [1.165, 1.54) is 25.7 Å². The lowest BCUT2D eigenvalue weighted by molar-refractivity contribution is -0.140. The fraction of sp³-hybridized carbons (Fsp3) is 0.929. The Labute approximate surface area is 105 Å². The SMILES string of the molecule is CCCCCC(NC1CCCCCC1)C(=O)O. The highest BCUT2D eigenvalue weighted by atomic mass is 16.4. The van der Waals surface area contributed by atoms with Gasteiger partial charge in [-0.05, 0) is 19.3 Å². The molecular formula is C14H27NO2. The third-order valence-corrected chi connectivity index (χ3v) is 3.69. The summed E-state index contributed by atoms with van der Waals surface area (Å²) >= 11 is 0. The molecule has 0 spiro atoms. The molecule has 1 atom stereocenters. The lowest BCUT2D eigenvalue weighted by Crippen LogP contribution is -2.43. The van der Waals surface area contributed by atoms with Crippen LogP contribution in [0.25, 0.3) is 0 Å². The third-order valence-electron chi connectivity index (χ3n) is 3.69. The van der Waals surface area contributed by atoms with Gasteiger partial charge < -0.3 is 10.4 Å². The van der Waals surface area contributed by atoms with Crippen LogP contribution in [-0.4, -0.2) is 23.2 Å². The van der Waals surface area contributed by atoms with Crippen LogP contribution in [0, 0.1) is 0 Å². The van der Waals surface area contributed by atoms with Crippen molar-refractivity contribution in [1.82, 2.24) is 5.32 Å². The summed E-state index contributed by atoms with van der Waals surface area (Å²) in [7, 11) is 0. The van der Waals surface area contributed by atoms with E-state index in [2.05, 4.69) is 12.2 Å². The van der Waals surface area contributed by atoms with Crippen molar-refractivity contribution < 1.29 is 9.90 Å². The van der Waals surface area contributed by atoms with Gasteiger partial charge in [-0.15, -0.1) is 0 Å². The average molecular weight is 241 g/mol. The highest BCUT2D eigenvalue weighted by molar-refractivity contribution is 5.73. The summed E-state index contributed by atoms with van der Waals surface area (Å²) in [6.45, 7) is 2.15. The molecule has 2 N–H and O–H groups in total. The summed E-state index contributed by atoms with van der Waals surface area (Å²) in [6.07, 6.45) is 11.5. The van der Waals surface area contributed by atoms with E-state index in [1.807, 2.05) is 0 Å². The second kappa shape index (κ2) is 8.51. The Morgan fingerprint density at radius 1 is 1.24 bits per heavy atom. The molecule has 0 amide bonds. The minimum atomic E-state index is -0.676. The maximum absolute atomic E-state index is 11.2. The quantitative estimate of drug-likeness (QED) is 0.531. The lowest BCUT2D eigenvalue weighted by atomic mass is 10.0. The predicted octanol–water partition coefficient (Wildman–Crippen LogP) is 3.33. The molecule has 0 saturated heterocycles. The number of unbranched alkanes of at least 4 members (excludes halogenated alkanes) is 2. The van der Waals surface area contributed by atoms with Gasteiger partial charge >= 0.3 is 5.97 Å². The van der Waals surface area contributed by atoms with Gasteiger partial charge in [0.15, 0.2) is 0 Å². The normalized spacial score (nSPS) is 19.8. The molecule has 0 radical (unpaired) electrons. The smallest absolute Gasteiger partial charge is 0.320 e. The summed E-state index contributed by atoms with van der Waals surface area (Å²) in [4.78, 5) is 11.2. The third kappa shape index (κ3) is 6.06. The second-order valence-corrected chi connectivity index (χ2v) is 5.24. The molecule has 1 aliphatic rings. The van der Waals surface area contributed by atoms with Gasteiger partial charge in [0.25, 0.3) is 0 Å². The maximum atomic E-state index is 11.2. The zero-order valence-electron chi connectivity index (χ0n) is 11.1. The van der Waals surface area contributed by atoms with Crippen molar-refractivity contribution in [3.63, 3.8) is 0 Å². The van der Waals surface area contributed by atoms with Crippen molar-refractivity contribution >= 4 is 5.97 Å². The van der Waals surface area contributed by atoms with Gasteiger partial charge in [-0.25, -0.2) is 0 Å². The summed E-state index contributed by atoms with van der Waals surface area (Å²) in [5.74, 6) is -0.676. The number of hydrogen-bond acceptors (Lipinski definition) is 2. The van der Waals surface area contributed by atoms with Gasteiger partial charge in [0.1, 0.15) is 6.04 Å². The minimum absolute atomic E-state index is 0.329. The van der Waals surface area contributed by atoms with Crippen LogP contribution < -0.4 is 5.32 Å². The number of carboxylic acid groups (broad SMARTS) is 1. The topological polar surface area (TPSA) is 49.3 Å². The van der Waals surface area contributed by atoms with E-state index in [4.69, 9.17) is 0 Å². The number of carbonyl (C=O) groups is 1. The molecule has 1 saturated carbocycles. The fourth-order valence-electron chi connectivity index (χ4n) is 2.61. The molecule has 1 unspecified atom stereocenters. The molecule has 3 heteroatoms. The number of carboxylic acids is 1. The molecule has 0 aromatic heterocycles. The highest BCUT2D eigenvalue weighted by Crippen LogP contribution is 2.18. The van der Waals surface area contributed by atoms with E-state index in [9.17, 15) is 9.90 Å². The number of hydrogen-bond donors (Lipinski definition) is 2. The van der Waals surface area contributed by atoms with E-state index < -0.39 is 5.97 Å². The van der Waals surface area contributed by atoms with Crippen LogP contribution in [0.4, 0.5) is 0 Å². The van der Waals surface area contributed by atoms with Gasteiger partial charge in [0.2, 0.25) is 0 Å². The van der Waals surface area contributed by atoms with Crippen LogP contribution in [0.3, 0.4) is 0 Å². The minimum Gasteiger partial charge on any atom is -0.480 e. The van der Waals surface area contributed by atoms with Gasteiger partial charge in [0, 0.05) is 6.04 Å². The number of aliphatic carboxylic acids is 1. The van der Waals surface area contributed by atoms with Gasteiger partial charge in [0.05, 0.1) is 0 Å². The van der Waals surface area contributed by atoms with Crippen molar-refractivity contribution in [3.8, 4) is 0 Å². The van der Waals surface area contributed by atoms with E-state index in [0.29, 0.717) is 6.04 Å². The first-order valence-corrected chi connectivity index (χ1v) is 7.23. The molecule has 0 heterocycles. The monoisotopic (exact) mass is 241 g/mol. The van der Waals surface area contributed by atoms with Crippen LogP contribution in [0.1, 0.15) is 71.1 Å². The number of nitrogens with one attached hydrogen (secondary N) is 1. The fourth-order valence-corrected chi connectivity index (χ4v) is 2.61. The zero-order chi connectivity index (χ0) is 12.5. The maximum Gasteiger partial charge on any atom is 0.320 e. The van der Waals surface area contributed by atoms with E-state index >= 15 is 0 Å².